The van der Waals surface area contributed by atoms with E-state index in [0.29, 0.717) is 18.7 Å². The van der Waals surface area contributed by atoms with E-state index in [0.717, 1.165) is 35.0 Å². The molecule has 0 bridgehead atoms. The molecule has 0 fully saturated rings. The Hall–Kier alpha value is -1.33. The first-order valence-electron chi connectivity index (χ1n) is 6.72. The summed E-state index contributed by atoms with van der Waals surface area (Å²) in [6.07, 6.45) is 4.44. The number of hydrogen-bond acceptors (Lipinski definition) is 3. The summed E-state index contributed by atoms with van der Waals surface area (Å²) in [6.45, 7) is 1.14. The molecule has 20 heavy (non-hydrogen) atoms. The molecule has 0 aliphatic carbocycles. The standard InChI is InChI=1S/C15H18BrNO3/c16-13-4-5-14-11(9-13)8-12(10-20-14)15(19)17-6-2-1-3-7-18/h4-5,8-9,18H,1-3,6-7,10H2,(H,17,19). The average molecular weight is 340 g/mol. The summed E-state index contributed by atoms with van der Waals surface area (Å²) in [5.74, 6) is 0.715. The summed E-state index contributed by atoms with van der Waals surface area (Å²) in [7, 11) is 0. The van der Waals surface area contributed by atoms with E-state index in [-0.39, 0.29) is 12.5 Å². The van der Waals surface area contributed by atoms with Crippen LogP contribution in [0, 0.1) is 0 Å². The fourth-order valence-corrected chi connectivity index (χ4v) is 2.39. The molecule has 108 valence electrons. The predicted molar refractivity (Wildman–Crippen MR) is 81.6 cm³/mol. The second kappa shape index (κ2) is 7.45. The number of nitrogens with one attached hydrogen (secondary N) is 1. The zero-order chi connectivity index (χ0) is 14.4. The minimum atomic E-state index is -0.0837. The topological polar surface area (TPSA) is 58.6 Å². The highest BCUT2D eigenvalue weighted by Gasteiger charge is 2.16. The number of fused-ring (bicyclic) bond motifs is 1. The summed E-state index contributed by atoms with van der Waals surface area (Å²) >= 11 is 3.41. The highest BCUT2D eigenvalue weighted by Crippen LogP contribution is 2.29. The number of amides is 1. The molecule has 5 heteroatoms. The van der Waals surface area contributed by atoms with E-state index in [1.54, 1.807) is 0 Å². The smallest absolute Gasteiger partial charge is 0.250 e. The maximum Gasteiger partial charge on any atom is 0.250 e. The van der Waals surface area contributed by atoms with Gasteiger partial charge in [-0.3, -0.25) is 4.79 Å². The maximum absolute atomic E-state index is 12.0. The largest absolute Gasteiger partial charge is 0.488 e. The lowest BCUT2D eigenvalue weighted by molar-refractivity contribution is -0.117. The Morgan fingerprint density at radius 2 is 2.20 bits per heavy atom. The Labute approximate surface area is 127 Å². The zero-order valence-corrected chi connectivity index (χ0v) is 12.8. The molecule has 1 amide bonds. The molecule has 0 radical (unpaired) electrons. The van der Waals surface area contributed by atoms with Gasteiger partial charge in [0.15, 0.2) is 0 Å². The third-order valence-corrected chi connectivity index (χ3v) is 3.59. The molecule has 0 spiro atoms. The Morgan fingerprint density at radius 3 is 3.00 bits per heavy atom. The predicted octanol–water partition coefficient (Wildman–Crippen LogP) is 2.50. The number of carbonyl (C=O) groups excluding carboxylic acids is 1. The van der Waals surface area contributed by atoms with E-state index in [4.69, 9.17) is 9.84 Å². The third-order valence-electron chi connectivity index (χ3n) is 3.10. The summed E-state index contributed by atoms with van der Waals surface area (Å²) in [4.78, 5) is 12.0. The van der Waals surface area contributed by atoms with Crippen LogP contribution in [-0.2, 0) is 4.79 Å². The van der Waals surface area contributed by atoms with E-state index in [2.05, 4.69) is 21.2 Å². The van der Waals surface area contributed by atoms with Gasteiger partial charge in [0.2, 0.25) is 0 Å². The first kappa shape index (κ1) is 15.1. The quantitative estimate of drug-likeness (QED) is 0.783. The van der Waals surface area contributed by atoms with Crippen LogP contribution < -0.4 is 10.1 Å². The number of aliphatic hydroxyl groups is 1. The minimum absolute atomic E-state index is 0.0837. The normalized spacial score (nSPS) is 13.2. The van der Waals surface area contributed by atoms with E-state index >= 15 is 0 Å². The number of rotatable bonds is 6. The van der Waals surface area contributed by atoms with Crippen LogP contribution in [0.1, 0.15) is 24.8 Å². The van der Waals surface area contributed by atoms with Crippen molar-refractivity contribution in [1.29, 1.82) is 0 Å². The highest BCUT2D eigenvalue weighted by molar-refractivity contribution is 9.10. The van der Waals surface area contributed by atoms with Crippen molar-refractivity contribution in [2.75, 3.05) is 19.8 Å². The molecule has 2 N–H and O–H groups in total. The summed E-state index contributed by atoms with van der Waals surface area (Å²) in [5.41, 5.74) is 1.55. The van der Waals surface area contributed by atoms with E-state index < -0.39 is 0 Å². The lowest BCUT2D eigenvalue weighted by Crippen LogP contribution is -2.29. The highest BCUT2D eigenvalue weighted by atomic mass is 79.9. The molecule has 1 aromatic rings. The van der Waals surface area contributed by atoms with Gasteiger partial charge in [-0.1, -0.05) is 15.9 Å². The molecular weight excluding hydrogens is 322 g/mol. The lowest BCUT2D eigenvalue weighted by atomic mass is 10.1. The van der Waals surface area contributed by atoms with Gasteiger partial charge in [-0.05, 0) is 43.5 Å². The van der Waals surface area contributed by atoms with E-state index in [1.165, 1.54) is 0 Å². The van der Waals surface area contributed by atoms with Crippen molar-refractivity contribution >= 4 is 27.9 Å². The van der Waals surface area contributed by atoms with Gasteiger partial charge in [-0.2, -0.15) is 0 Å². The average Bonchev–Trinajstić information content (AvgIpc) is 2.46. The summed E-state index contributed by atoms with van der Waals surface area (Å²) < 4.78 is 6.53. The lowest BCUT2D eigenvalue weighted by Gasteiger charge is -2.17. The third kappa shape index (κ3) is 4.08. The van der Waals surface area contributed by atoms with Crippen LogP contribution >= 0.6 is 15.9 Å². The van der Waals surface area contributed by atoms with E-state index in [1.807, 2.05) is 24.3 Å². The number of carbonyl (C=O) groups is 1. The van der Waals surface area contributed by atoms with Crippen molar-refractivity contribution in [3.8, 4) is 5.75 Å². The van der Waals surface area contributed by atoms with Gasteiger partial charge in [-0.25, -0.2) is 0 Å². The first-order chi connectivity index (χ1) is 9.70. The van der Waals surface area contributed by atoms with Crippen LogP contribution in [0.4, 0.5) is 0 Å². The van der Waals surface area contributed by atoms with Gasteiger partial charge in [0.25, 0.3) is 5.91 Å². The summed E-state index contributed by atoms with van der Waals surface area (Å²) in [5, 5.41) is 11.6. The zero-order valence-electron chi connectivity index (χ0n) is 11.2. The molecule has 4 nitrogen and oxygen atoms in total. The van der Waals surface area contributed by atoms with Crippen LogP contribution in [0.25, 0.3) is 6.08 Å². The molecule has 1 aromatic carbocycles. The van der Waals surface area contributed by atoms with Crippen LogP contribution in [0.2, 0.25) is 0 Å². The Morgan fingerprint density at radius 1 is 1.35 bits per heavy atom. The molecule has 0 saturated heterocycles. The van der Waals surface area contributed by atoms with Crippen molar-refractivity contribution in [2.24, 2.45) is 0 Å². The molecule has 1 heterocycles. The number of unbranched alkanes of at least 4 members (excludes halogenated alkanes) is 2. The van der Waals surface area contributed by atoms with E-state index in [9.17, 15) is 4.79 Å². The second-order valence-corrected chi connectivity index (χ2v) is 5.60. The van der Waals surface area contributed by atoms with Crippen molar-refractivity contribution in [2.45, 2.75) is 19.3 Å². The SMILES string of the molecule is O=C(NCCCCCO)C1=Cc2cc(Br)ccc2OC1. The van der Waals surface area contributed by atoms with Gasteiger partial charge in [0, 0.05) is 23.2 Å². The molecule has 0 unspecified atom stereocenters. The van der Waals surface area contributed by atoms with Gasteiger partial charge < -0.3 is 15.2 Å². The van der Waals surface area contributed by atoms with Crippen molar-refractivity contribution in [3.63, 3.8) is 0 Å². The molecule has 1 aliphatic rings. The van der Waals surface area contributed by atoms with Crippen molar-refractivity contribution < 1.29 is 14.6 Å². The van der Waals surface area contributed by atoms with Gasteiger partial charge in [-0.15, -0.1) is 0 Å². The number of aliphatic hydroxyl groups excluding tert-OH is 1. The number of ether oxygens (including phenoxy) is 1. The first-order valence-corrected chi connectivity index (χ1v) is 7.52. The monoisotopic (exact) mass is 339 g/mol. The molecule has 1 aliphatic heterocycles. The van der Waals surface area contributed by atoms with Gasteiger partial charge >= 0.3 is 0 Å². The Kier molecular flexibility index (Phi) is 5.61. The van der Waals surface area contributed by atoms with Crippen LogP contribution in [0.15, 0.2) is 28.2 Å². The molecule has 0 saturated carbocycles. The molecule has 2 rings (SSSR count). The van der Waals surface area contributed by atoms with Crippen LogP contribution in [0.5, 0.6) is 5.75 Å². The second-order valence-electron chi connectivity index (χ2n) is 4.68. The van der Waals surface area contributed by atoms with Crippen molar-refractivity contribution in [1.82, 2.24) is 5.32 Å². The fraction of sp³-hybridized carbons (Fsp3) is 0.400. The minimum Gasteiger partial charge on any atom is -0.488 e. The molecular formula is C15H18BrNO3. The number of benzene rings is 1. The summed E-state index contributed by atoms with van der Waals surface area (Å²) in [6, 6.07) is 5.74. The van der Waals surface area contributed by atoms with Crippen LogP contribution in [-0.4, -0.2) is 30.8 Å². The number of hydrogen-bond donors (Lipinski definition) is 2. The van der Waals surface area contributed by atoms with Gasteiger partial charge in [0.1, 0.15) is 12.4 Å². The van der Waals surface area contributed by atoms with Crippen LogP contribution in [0.3, 0.4) is 0 Å². The molecule has 0 atom stereocenters. The Balaban J connectivity index is 1.91. The van der Waals surface area contributed by atoms with Crippen molar-refractivity contribution in [3.05, 3.63) is 33.8 Å². The molecule has 0 aromatic heterocycles. The Bertz CT molecular complexity index is 514. The maximum atomic E-state index is 12.0. The van der Waals surface area contributed by atoms with Gasteiger partial charge in [0.05, 0.1) is 5.57 Å². The number of halogens is 1. The fourth-order valence-electron chi connectivity index (χ4n) is 2.01.